The number of pyridine rings is 1. The van der Waals surface area contributed by atoms with Crippen molar-refractivity contribution in [3.8, 4) is 0 Å². The number of aromatic nitrogens is 2. The van der Waals surface area contributed by atoms with E-state index < -0.39 is 0 Å². The molecular weight excluding hydrogens is 216 g/mol. The maximum absolute atomic E-state index is 11.8. The molecule has 0 fully saturated rings. The van der Waals surface area contributed by atoms with Gasteiger partial charge in [-0.25, -0.2) is 4.98 Å². The molecule has 2 heterocycles. The Morgan fingerprint density at radius 2 is 2.24 bits per heavy atom. The minimum atomic E-state index is -0.148. The Kier molecular flexibility index (Phi) is 3.10. The molecule has 1 N–H and O–H groups in total. The van der Waals surface area contributed by atoms with E-state index in [0.29, 0.717) is 12.2 Å². The molecule has 0 radical (unpaired) electrons. The van der Waals surface area contributed by atoms with Crippen LogP contribution >= 0.6 is 0 Å². The Hall–Kier alpha value is -1.88. The van der Waals surface area contributed by atoms with Gasteiger partial charge in [0, 0.05) is 19.8 Å². The fraction of sp³-hybridized carbons (Fsp3) is 0.333. The molecule has 17 heavy (non-hydrogen) atoms. The lowest BCUT2D eigenvalue weighted by Crippen LogP contribution is -2.22. The van der Waals surface area contributed by atoms with Crippen LogP contribution in [0.25, 0.3) is 5.65 Å². The summed E-state index contributed by atoms with van der Waals surface area (Å²) in [5.41, 5.74) is 2.19. The van der Waals surface area contributed by atoms with Crippen LogP contribution < -0.4 is 5.32 Å². The van der Waals surface area contributed by atoms with Crippen LogP contribution in [0.3, 0.4) is 0 Å². The maximum atomic E-state index is 11.8. The van der Waals surface area contributed by atoms with Crippen molar-refractivity contribution in [3.05, 3.63) is 35.8 Å². The number of amides is 1. The van der Waals surface area contributed by atoms with E-state index in [0.717, 1.165) is 11.3 Å². The van der Waals surface area contributed by atoms with E-state index in [9.17, 15) is 4.79 Å². The van der Waals surface area contributed by atoms with Gasteiger partial charge in [0.05, 0.1) is 5.69 Å². The molecule has 90 valence electrons. The zero-order chi connectivity index (χ0) is 12.4. The quantitative estimate of drug-likeness (QED) is 0.849. The zero-order valence-electron chi connectivity index (χ0n) is 10.3. The maximum Gasteiger partial charge on any atom is 0.271 e. The van der Waals surface area contributed by atoms with E-state index in [4.69, 9.17) is 0 Å². The lowest BCUT2D eigenvalue weighted by molar-refractivity contribution is 0.0957. The van der Waals surface area contributed by atoms with Gasteiger partial charge in [-0.15, -0.1) is 0 Å². The lowest BCUT2D eigenvalue weighted by atomic mass is 10.3. The summed E-state index contributed by atoms with van der Waals surface area (Å²) in [5, 5.41) is 2.62. The average molecular weight is 232 g/mol. The molecule has 0 atom stereocenters. The number of hydrogen-bond acceptors (Lipinski definition) is 3. The topological polar surface area (TPSA) is 49.6 Å². The summed E-state index contributed by atoms with van der Waals surface area (Å²) in [5.74, 6) is -0.148. The summed E-state index contributed by atoms with van der Waals surface area (Å²) in [4.78, 5) is 18.2. The number of fused-ring (bicyclic) bond motifs is 1. The third kappa shape index (κ3) is 2.14. The van der Waals surface area contributed by atoms with Gasteiger partial charge in [-0.3, -0.25) is 4.79 Å². The van der Waals surface area contributed by atoms with Gasteiger partial charge in [0.2, 0.25) is 0 Å². The number of carbonyl (C=O) groups excluding carboxylic acids is 1. The van der Waals surface area contributed by atoms with Gasteiger partial charge in [0.15, 0.2) is 5.69 Å². The first kappa shape index (κ1) is 11.6. The highest BCUT2D eigenvalue weighted by Crippen LogP contribution is 2.14. The van der Waals surface area contributed by atoms with Gasteiger partial charge in [-0.2, -0.15) is 0 Å². The van der Waals surface area contributed by atoms with Crippen molar-refractivity contribution >= 4 is 11.6 Å². The van der Waals surface area contributed by atoms with Gasteiger partial charge in [0.1, 0.15) is 5.65 Å². The number of imidazole rings is 1. The van der Waals surface area contributed by atoms with Gasteiger partial charge < -0.3 is 14.6 Å². The van der Waals surface area contributed by atoms with Crippen molar-refractivity contribution in [2.24, 2.45) is 0 Å². The van der Waals surface area contributed by atoms with E-state index >= 15 is 0 Å². The number of rotatable bonds is 3. The third-order valence-electron chi connectivity index (χ3n) is 2.54. The Morgan fingerprint density at radius 3 is 2.88 bits per heavy atom. The molecule has 0 saturated heterocycles. The summed E-state index contributed by atoms with van der Waals surface area (Å²) in [7, 11) is 5.55. The van der Waals surface area contributed by atoms with Crippen LogP contribution in [0.2, 0.25) is 0 Å². The Morgan fingerprint density at radius 1 is 1.47 bits per heavy atom. The van der Waals surface area contributed by atoms with Crippen molar-refractivity contribution in [1.29, 1.82) is 0 Å². The van der Waals surface area contributed by atoms with E-state index in [1.54, 1.807) is 7.05 Å². The molecule has 2 aromatic rings. The van der Waals surface area contributed by atoms with Crippen LogP contribution in [0.1, 0.15) is 16.2 Å². The highest BCUT2D eigenvalue weighted by molar-refractivity contribution is 5.94. The molecule has 0 aromatic carbocycles. The summed E-state index contributed by atoms with van der Waals surface area (Å²) in [6.07, 6.45) is 1.92. The fourth-order valence-corrected chi connectivity index (χ4v) is 1.80. The second-order valence-electron chi connectivity index (χ2n) is 4.15. The molecule has 0 saturated carbocycles. The number of carbonyl (C=O) groups is 1. The first-order chi connectivity index (χ1) is 8.13. The largest absolute Gasteiger partial charge is 0.354 e. The van der Waals surface area contributed by atoms with Crippen LogP contribution in [0.5, 0.6) is 0 Å². The molecule has 2 aromatic heterocycles. The van der Waals surface area contributed by atoms with Crippen LogP contribution in [-0.4, -0.2) is 41.3 Å². The second-order valence-corrected chi connectivity index (χ2v) is 4.15. The Bertz CT molecular complexity index is 544. The molecule has 0 unspecified atom stereocenters. The average Bonchev–Trinajstić information content (AvgIpc) is 2.67. The van der Waals surface area contributed by atoms with Crippen LogP contribution in [0.15, 0.2) is 24.4 Å². The molecular formula is C12H16N4O. The first-order valence-corrected chi connectivity index (χ1v) is 5.46. The summed E-state index contributed by atoms with van der Waals surface area (Å²) in [6, 6.07) is 5.74. The van der Waals surface area contributed by atoms with Crippen molar-refractivity contribution in [2.75, 3.05) is 21.1 Å². The van der Waals surface area contributed by atoms with Gasteiger partial charge in [-0.1, -0.05) is 6.07 Å². The molecule has 0 spiro atoms. The lowest BCUT2D eigenvalue weighted by Gasteiger charge is -2.10. The predicted octanol–water partition coefficient (Wildman–Crippen LogP) is 0.756. The van der Waals surface area contributed by atoms with Gasteiger partial charge in [-0.05, 0) is 26.2 Å². The first-order valence-electron chi connectivity index (χ1n) is 5.46. The van der Waals surface area contributed by atoms with Crippen LogP contribution in [-0.2, 0) is 6.54 Å². The SMILES string of the molecule is CNC(=O)c1nc2ccccn2c1CN(C)C. The smallest absolute Gasteiger partial charge is 0.271 e. The molecule has 2 rings (SSSR count). The minimum Gasteiger partial charge on any atom is -0.354 e. The normalized spacial score (nSPS) is 11.1. The molecule has 0 aliphatic heterocycles. The molecule has 5 nitrogen and oxygen atoms in total. The van der Waals surface area contributed by atoms with Crippen LogP contribution in [0, 0.1) is 0 Å². The van der Waals surface area contributed by atoms with E-state index in [2.05, 4.69) is 10.3 Å². The fourth-order valence-electron chi connectivity index (χ4n) is 1.80. The minimum absolute atomic E-state index is 0.148. The summed E-state index contributed by atoms with van der Waals surface area (Å²) in [6.45, 7) is 0.675. The van der Waals surface area contributed by atoms with Gasteiger partial charge >= 0.3 is 0 Å². The Labute approximate surface area is 100 Å². The highest BCUT2D eigenvalue weighted by Gasteiger charge is 2.17. The third-order valence-corrected chi connectivity index (χ3v) is 2.54. The van der Waals surface area contributed by atoms with Crippen molar-refractivity contribution in [2.45, 2.75) is 6.54 Å². The van der Waals surface area contributed by atoms with E-state index in [-0.39, 0.29) is 5.91 Å². The predicted molar refractivity (Wildman–Crippen MR) is 66.0 cm³/mol. The number of hydrogen-bond donors (Lipinski definition) is 1. The van der Waals surface area contributed by atoms with E-state index in [1.165, 1.54) is 0 Å². The highest BCUT2D eigenvalue weighted by atomic mass is 16.1. The molecule has 5 heteroatoms. The molecule has 0 aliphatic rings. The second kappa shape index (κ2) is 4.55. The zero-order valence-corrected chi connectivity index (χ0v) is 10.3. The summed E-state index contributed by atoms with van der Waals surface area (Å²) >= 11 is 0. The van der Waals surface area contributed by atoms with E-state index in [1.807, 2.05) is 47.8 Å². The monoisotopic (exact) mass is 232 g/mol. The van der Waals surface area contributed by atoms with Crippen molar-refractivity contribution < 1.29 is 4.79 Å². The number of nitrogens with zero attached hydrogens (tertiary/aromatic N) is 3. The molecule has 0 bridgehead atoms. The Balaban J connectivity index is 2.60. The van der Waals surface area contributed by atoms with Crippen molar-refractivity contribution in [1.82, 2.24) is 19.6 Å². The number of nitrogens with one attached hydrogen (secondary N) is 1. The standard InChI is InChI=1S/C12H16N4O/c1-13-12(17)11-9(8-15(2)3)16-7-5-4-6-10(16)14-11/h4-7H,8H2,1-3H3,(H,13,17). The summed E-state index contributed by atoms with van der Waals surface area (Å²) < 4.78 is 1.95. The van der Waals surface area contributed by atoms with Gasteiger partial charge in [0.25, 0.3) is 5.91 Å². The molecule has 0 aliphatic carbocycles. The molecule has 1 amide bonds. The van der Waals surface area contributed by atoms with Crippen LogP contribution in [0.4, 0.5) is 0 Å². The van der Waals surface area contributed by atoms with Crippen molar-refractivity contribution in [3.63, 3.8) is 0 Å².